The zero-order valence-corrected chi connectivity index (χ0v) is 19.3. The van der Waals surface area contributed by atoms with Gasteiger partial charge >= 0.3 is 0 Å². The summed E-state index contributed by atoms with van der Waals surface area (Å²) in [6.45, 7) is 2.08. The Morgan fingerprint density at radius 3 is 2.55 bits per heavy atom. The molecule has 3 aromatic rings. The van der Waals surface area contributed by atoms with Crippen LogP contribution in [0.2, 0.25) is 0 Å². The highest BCUT2D eigenvalue weighted by Gasteiger charge is 2.42. The summed E-state index contributed by atoms with van der Waals surface area (Å²) < 4.78 is 39.8. The SMILES string of the molecule is Cc1noc(C2CCC(N[C@@H]3C[C@H]3c3cc(F)cc(F)c3OCc3ccccc3)CC2)n1.Cl. The maximum Gasteiger partial charge on any atom is 0.229 e. The van der Waals surface area contributed by atoms with Gasteiger partial charge in [0.05, 0.1) is 0 Å². The average molecular weight is 476 g/mol. The van der Waals surface area contributed by atoms with Crippen molar-refractivity contribution in [3.63, 3.8) is 0 Å². The molecular formula is C25H28ClF2N3O2. The van der Waals surface area contributed by atoms with Crippen LogP contribution in [0.1, 0.15) is 66.8 Å². The lowest BCUT2D eigenvalue weighted by Gasteiger charge is -2.27. The number of halogens is 3. The zero-order valence-electron chi connectivity index (χ0n) is 18.5. The van der Waals surface area contributed by atoms with Gasteiger partial charge in [0, 0.05) is 35.5 Å². The summed E-state index contributed by atoms with van der Waals surface area (Å²) in [5.41, 5.74) is 1.56. The quantitative estimate of drug-likeness (QED) is 0.466. The van der Waals surface area contributed by atoms with Gasteiger partial charge in [0.1, 0.15) is 12.4 Å². The van der Waals surface area contributed by atoms with Crippen LogP contribution >= 0.6 is 12.4 Å². The topological polar surface area (TPSA) is 60.2 Å². The van der Waals surface area contributed by atoms with Gasteiger partial charge in [0.25, 0.3) is 0 Å². The molecular weight excluding hydrogens is 448 g/mol. The van der Waals surface area contributed by atoms with Crippen molar-refractivity contribution < 1.29 is 18.0 Å². The van der Waals surface area contributed by atoms with Crippen molar-refractivity contribution in [1.82, 2.24) is 15.5 Å². The van der Waals surface area contributed by atoms with E-state index in [0.717, 1.165) is 49.6 Å². The van der Waals surface area contributed by atoms with Crippen LogP contribution in [0.15, 0.2) is 47.0 Å². The molecule has 0 saturated heterocycles. The molecule has 0 unspecified atom stereocenters. The van der Waals surface area contributed by atoms with E-state index in [4.69, 9.17) is 9.26 Å². The number of rotatable bonds is 7. The summed E-state index contributed by atoms with van der Waals surface area (Å²) >= 11 is 0. The first kappa shape index (κ1) is 23.6. The Bertz CT molecular complexity index is 1070. The normalized spacial score (nSPS) is 24.2. The standard InChI is InChI=1S/C25H27F2N3O2.ClH/c1-15-28-25(32-30-15)17-7-9-19(10-8-17)29-23-13-20(23)21-11-18(26)12-22(27)24(21)31-14-16-5-3-2-4-6-16;/h2-6,11-12,17,19-20,23,29H,7-10,13-14H2,1H3;1H/t17?,19?,20-,23+;/m0./s1. The second kappa shape index (κ2) is 10.2. The highest BCUT2D eigenvalue weighted by molar-refractivity contribution is 5.85. The second-order valence-corrected chi connectivity index (χ2v) is 8.92. The van der Waals surface area contributed by atoms with Crippen LogP contribution in [0.5, 0.6) is 5.75 Å². The van der Waals surface area contributed by atoms with Crippen LogP contribution < -0.4 is 10.1 Å². The number of ether oxygens (including phenoxy) is 1. The van der Waals surface area contributed by atoms with Crippen molar-refractivity contribution in [3.05, 3.63) is 76.9 Å². The Balaban J connectivity index is 0.00000259. The lowest BCUT2D eigenvalue weighted by Crippen LogP contribution is -2.35. The Kier molecular flexibility index (Phi) is 7.29. The van der Waals surface area contributed by atoms with Gasteiger partial charge in [-0.05, 0) is 50.7 Å². The number of hydrogen-bond donors (Lipinski definition) is 1. The molecule has 176 valence electrons. The average Bonchev–Trinajstić information content (AvgIpc) is 3.42. The van der Waals surface area contributed by atoms with E-state index >= 15 is 0 Å². The van der Waals surface area contributed by atoms with Crippen LogP contribution in [0.3, 0.4) is 0 Å². The van der Waals surface area contributed by atoms with Crippen molar-refractivity contribution in [1.29, 1.82) is 0 Å². The minimum absolute atomic E-state index is 0. The summed E-state index contributed by atoms with van der Waals surface area (Å²) in [6.07, 6.45) is 4.88. The maximum atomic E-state index is 14.6. The van der Waals surface area contributed by atoms with E-state index in [9.17, 15) is 8.78 Å². The van der Waals surface area contributed by atoms with E-state index in [1.54, 1.807) is 0 Å². The van der Waals surface area contributed by atoms with E-state index in [2.05, 4.69) is 15.5 Å². The molecule has 0 bridgehead atoms. The Labute approximate surface area is 198 Å². The molecule has 1 heterocycles. The third kappa shape index (κ3) is 5.53. The number of nitrogens with one attached hydrogen (secondary N) is 1. The van der Waals surface area contributed by atoms with E-state index in [1.807, 2.05) is 37.3 Å². The minimum atomic E-state index is -0.642. The van der Waals surface area contributed by atoms with Crippen molar-refractivity contribution >= 4 is 12.4 Å². The van der Waals surface area contributed by atoms with E-state index < -0.39 is 11.6 Å². The first-order valence-electron chi connectivity index (χ1n) is 11.3. The van der Waals surface area contributed by atoms with Crippen LogP contribution in [0.4, 0.5) is 8.78 Å². The molecule has 2 fully saturated rings. The molecule has 0 spiro atoms. The molecule has 2 saturated carbocycles. The van der Waals surface area contributed by atoms with Crippen LogP contribution in [-0.4, -0.2) is 22.2 Å². The van der Waals surface area contributed by atoms with Crippen LogP contribution in [-0.2, 0) is 6.61 Å². The van der Waals surface area contributed by atoms with E-state index in [0.29, 0.717) is 23.3 Å². The first-order valence-corrected chi connectivity index (χ1v) is 11.3. The van der Waals surface area contributed by atoms with Gasteiger partial charge in [0.2, 0.25) is 5.89 Å². The summed E-state index contributed by atoms with van der Waals surface area (Å²) in [5, 5.41) is 7.59. The van der Waals surface area contributed by atoms with E-state index in [-0.39, 0.29) is 36.7 Å². The molecule has 2 aliphatic carbocycles. The second-order valence-electron chi connectivity index (χ2n) is 8.92. The predicted molar refractivity (Wildman–Crippen MR) is 123 cm³/mol. The van der Waals surface area contributed by atoms with Crippen LogP contribution in [0, 0.1) is 18.6 Å². The van der Waals surface area contributed by atoms with Gasteiger partial charge < -0.3 is 14.6 Å². The van der Waals surface area contributed by atoms with Crippen molar-refractivity contribution in [3.8, 4) is 5.75 Å². The van der Waals surface area contributed by atoms with Gasteiger partial charge in [-0.25, -0.2) is 8.78 Å². The lowest BCUT2D eigenvalue weighted by atomic mass is 9.86. The van der Waals surface area contributed by atoms with Gasteiger partial charge in [-0.3, -0.25) is 0 Å². The molecule has 2 atom stereocenters. The molecule has 5 rings (SSSR count). The molecule has 33 heavy (non-hydrogen) atoms. The minimum Gasteiger partial charge on any atom is -0.486 e. The fraction of sp³-hybridized carbons (Fsp3) is 0.440. The fourth-order valence-electron chi connectivity index (χ4n) is 4.75. The van der Waals surface area contributed by atoms with Gasteiger partial charge in [-0.2, -0.15) is 4.98 Å². The Hall–Kier alpha value is -2.51. The number of aryl methyl sites for hydroxylation is 1. The molecule has 2 aliphatic rings. The van der Waals surface area contributed by atoms with Crippen molar-refractivity contribution in [2.75, 3.05) is 0 Å². The third-order valence-electron chi connectivity index (χ3n) is 6.52. The molecule has 1 N–H and O–H groups in total. The molecule has 5 nitrogen and oxygen atoms in total. The highest BCUT2D eigenvalue weighted by atomic mass is 35.5. The van der Waals surface area contributed by atoms with Crippen molar-refractivity contribution in [2.24, 2.45) is 0 Å². The number of benzene rings is 2. The molecule has 2 aromatic carbocycles. The maximum absolute atomic E-state index is 14.6. The number of hydrogen-bond acceptors (Lipinski definition) is 5. The zero-order chi connectivity index (χ0) is 22.1. The van der Waals surface area contributed by atoms with E-state index in [1.165, 1.54) is 6.07 Å². The summed E-state index contributed by atoms with van der Waals surface area (Å²) in [4.78, 5) is 4.37. The highest BCUT2D eigenvalue weighted by Crippen LogP contribution is 2.47. The molecule has 0 amide bonds. The summed E-state index contributed by atoms with van der Waals surface area (Å²) in [5.74, 6) is 0.749. The van der Waals surface area contributed by atoms with Crippen molar-refractivity contribution in [2.45, 2.75) is 69.6 Å². The smallest absolute Gasteiger partial charge is 0.229 e. The van der Waals surface area contributed by atoms with Gasteiger partial charge in [-0.15, -0.1) is 12.4 Å². The van der Waals surface area contributed by atoms with Crippen LogP contribution in [0.25, 0.3) is 0 Å². The fourth-order valence-corrected chi connectivity index (χ4v) is 4.75. The predicted octanol–water partition coefficient (Wildman–Crippen LogP) is 5.83. The van der Waals surface area contributed by atoms with Gasteiger partial charge in [0.15, 0.2) is 17.4 Å². The summed E-state index contributed by atoms with van der Waals surface area (Å²) in [7, 11) is 0. The largest absolute Gasteiger partial charge is 0.486 e. The lowest BCUT2D eigenvalue weighted by molar-refractivity contribution is 0.279. The Morgan fingerprint density at radius 1 is 1.09 bits per heavy atom. The number of aromatic nitrogens is 2. The molecule has 8 heteroatoms. The third-order valence-corrected chi connectivity index (χ3v) is 6.52. The monoisotopic (exact) mass is 475 g/mol. The molecule has 1 aromatic heterocycles. The first-order chi connectivity index (χ1) is 15.6. The Morgan fingerprint density at radius 2 is 1.85 bits per heavy atom. The number of nitrogens with zero attached hydrogens (tertiary/aromatic N) is 2. The molecule has 0 aliphatic heterocycles. The van der Waals surface area contributed by atoms with Gasteiger partial charge in [-0.1, -0.05) is 35.5 Å². The summed E-state index contributed by atoms with van der Waals surface area (Å²) in [6, 6.07) is 12.5. The molecule has 0 radical (unpaired) electrons.